The molecule has 21 heavy (non-hydrogen) atoms. The summed E-state index contributed by atoms with van der Waals surface area (Å²) in [4.78, 5) is 0. The van der Waals surface area contributed by atoms with Gasteiger partial charge in [-0.05, 0) is 53.4 Å². The minimum atomic E-state index is -0.329. The van der Waals surface area contributed by atoms with E-state index < -0.39 is 0 Å². The standard InChI is InChI=1S/C15H30BN3O2/c1-12(16-20-14(2,3)15(4,5)21-16)19(18-17)11-13-9-7-6-8-10-13/h12-13,17H,6-11H2,1-5H3. The summed E-state index contributed by atoms with van der Waals surface area (Å²) in [7, 11) is -0.326. The van der Waals surface area contributed by atoms with Crippen LogP contribution in [0.5, 0.6) is 0 Å². The van der Waals surface area contributed by atoms with E-state index in [4.69, 9.17) is 14.8 Å². The maximum atomic E-state index is 7.51. The van der Waals surface area contributed by atoms with Gasteiger partial charge in [0.05, 0.1) is 17.1 Å². The van der Waals surface area contributed by atoms with Crippen LogP contribution in [-0.2, 0) is 9.31 Å². The van der Waals surface area contributed by atoms with Gasteiger partial charge in [-0.25, -0.2) is 0 Å². The van der Waals surface area contributed by atoms with Crippen LogP contribution in [0, 0.1) is 11.4 Å². The highest BCUT2D eigenvalue weighted by molar-refractivity contribution is 6.47. The lowest BCUT2D eigenvalue weighted by Crippen LogP contribution is -2.45. The van der Waals surface area contributed by atoms with Crippen molar-refractivity contribution < 1.29 is 9.31 Å². The Bertz CT molecular complexity index is 354. The molecule has 0 aromatic carbocycles. The fraction of sp³-hybridized carbons (Fsp3) is 1.00. The van der Waals surface area contributed by atoms with Gasteiger partial charge in [0, 0.05) is 6.54 Å². The first-order valence-electron chi connectivity index (χ1n) is 8.26. The van der Waals surface area contributed by atoms with Crippen LogP contribution in [0.2, 0.25) is 0 Å². The molecule has 0 bridgehead atoms. The Hall–Kier alpha value is -0.615. The highest BCUT2D eigenvalue weighted by Gasteiger charge is 2.54. The summed E-state index contributed by atoms with van der Waals surface area (Å²) in [6.07, 6.45) is 6.47. The van der Waals surface area contributed by atoms with Gasteiger partial charge in [-0.3, -0.25) is 5.01 Å². The Balaban J connectivity index is 1.97. The van der Waals surface area contributed by atoms with Crippen LogP contribution in [0.1, 0.15) is 66.7 Å². The third kappa shape index (κ3) is 3.59. The van der Waals surface area contributed by atoms with Crippen LogP contribution in [-0.4, -0.2) is 35.8 Å². The monoisotopic (exact) mass is 295 g/mol. The van der Waals surface area contributed by atoms with Crippen LogP contribution in [0.4, 0.5) is 0 Å². The molecule has 6 heteroatoms. The molecule has 1 N–H and O–H groups in total. The van der Waals surface area contributed by atoms with E-state index >= 15 is 0 Å². The van der Waals surface area contributed by atoms with Crippen molar-refractivity contribution in [3.63, 3.8) is 0 Å². The second kappa shape index (κ2) is 6.25. The van der Waals surface area contributed by atoms with Crippen molar-refractivity contribution in [2.24, 2.45) is 11.1 Å². The molecule has 2 rings (SSSR count). The third-order valence-electron chi connectivity index (χ3n) is 5.43. The summed E-state index contributed by atoms with van der Waals surface area (Å²) >= 11 is 0. The van der Waals surface area contributed by atoms with Gasteiger partial charge in [-0.1, -0.05) is 24.5 Å². The predicted molar refractivity (Wildman–Crippen MR) is 84.0 cm³/mol. The maximum absolute atomic E-state index is 7.51. The van der Waals surface area contributed by atoms with Gasteiger partial charge >= 0.3 is 7.12 Å². The summed E-state index contributed by atoms with van der Waals surface area (Å²) in [5.41, 5.74) is 6.85. The topological polar surface area (TPSA) is 57.9 Å². The lowest BCUT2D eigenvalue weighted by atomic mass is 9.78. The zero-order valence-electron chi connectivity index (χ0n) is 14.2. The molecule has 0 radical (unpaired) electrons. The Morgan fingerprint density at radius 2 is 1.67 bits per heavy atom. The Morgan fingerprint density at radius 1 is 1.14 bits per heavy atom. The summed E-state index contributed by atoms with van der Waals surface area (Å²) in [5.74, 6) is 0.614. The minimum Gasteiger partial charge on any atom is -0.402 e. The van der Waals surface area contributed by atoms with E-state index in [0.717, 1.165) is 6.54 Å². The van der Waals surface area contributed by atoms with Gasteiger partial charge < -0.3 is 9.31 Å². The van der Waals surface area contributed by atoms with Crippen LogP contribution < -0.4 is 0 Å². The fourth-order valence-electron chi connectivity index (χ4n) is 3.16. The summed E-state index contributed by atoms with van der Waals surface area (Å²) < 4.78 is 12.2. The Morgan fingerprint density at radius 3 is 2.14 bits per heavy atom. The molecule has 0 aromatic rings. The zero-order valence-corrected chi connectivity index (χ0v) is 14.2. The van der Waals surface area contributed by atoms with Crippen molar-refractivity contribution in [2.45, 2.75) is 83.9 Å². The van der Waals surface area contributed by atoms with Gasteiger partial charge in [0.25, 0.3) is 0 Å². The normalized spacial score (nSPS) is 26.6. The van der Waals surface area contributed by atoms with Crippen LogP contribution >= 0.6 is 0 Å². The lowest BCUT2D eigenvalue weighted by molar-refractivity contribution is 0.00578. The third-order valence-corrected chi connectivity index (χ3v) is 5.43. The molecular formula is C15H30BN3O2. The molecule has 1 heterocycles. The molecule has 120 valence electrons. The molecule has 0 amide bonds. The van der Waals surface area contributed by atoms with Crippen LogP contribution in [0.25, 0.3) is 0 Å². The first-order valence-corrected chi connectivity index (χ1v) is 8.26. The average molecular weight is 295 g/mol. The van der Waals surface area contributed by atoms with Gasteiger partial charge in [0.1, 0.15) is 0 Å². The second-order valence-electron chi connectivity index (χ2n) is 7.59. The van der Waals surface area contributed by atoms with Crippen LogP contribution in [0.15, 0.2) is 5.22 Å². The zero-order chi connectivity index (χ0) is 15.7. The largest absolute Gasteiger partial charge is 0.483 e. The number of rotatable bonds is 5. The molecule has 2 fully saturated rings. The molecule has 0 aromatic heterocycles. The number of hydrogen-bond acceptors (Lipinski definition) is 4. The molecule has 1 saturated heterocycles. The minimum absolute atomic E-state index is 0.0366. The molecule has 1 aliphatic carbocycles. The van der Waals surface area contributed by atoms with E-state index in [1.165, 1.54) is 32.1 Å². The average Bonchev–Trinajstić information content (AvgIpc) is 2.65. The molecule has 2 aliphatic rings. The van der Waals surface area contributed by atoms with Gasteiger partial charge in [0.2, 0.25) is 0 Å². The van der Waals surface area contributed by atoms with Crippen molar-refractivity contribution in [3.05, 3.63) is 0 Å². The van der Waals surface area contributed by atoms with Gasteiger partial charge in [-0.2, -0.15) is 5.53 Å². The van der Waals surface area contributed by atoms with Gasteiger partial charge in [-0.15, -0.1) is 0 Å². The van der Waals surface area contributed by atoms with E-state index in [9.17, 15) is 0 Å². The molecule has 1 saturated carbocycles. The SMILES string of the molecule is CC(B1OC(C)(C)C(C)(C)O1)N(CC1CCCCC1)N=N. The van der Waals surface area contributed by atoms with E-state index in [1.807, 2.05) is 11.9 Å². The second-order valence-corrected chi connectivity index (χ2v) is 7.59. The van der Waals surface area contributed by atoms with E-state index in [1.54, 1.807) is 0 Å². The van der Waals surface area contributed by atoms with Crippen LogP contribution in [0.3, 0.4) is 0 Å². The Kier molecular flexibility index (Phi) is 4.98. The highest BCUT2D eigenvalue weighted by atomic mass is 16.7. The Labute approximate surface area is 129 Å². The van der Waals surface area contributed by atoms with Crippen molar-refractivity contribution in [1.29, 1.82) is 5.53 Å². The van der Waals surface area contributed by atoms with E-state index in [0.29, 0.717) is 5.92 Å². The van der Waals surface area contributed by atoms with Crippen molar-refractivity contribution in [1.82, 2.24) is 5.01 Å². The predicted octanol–water partition coefficient (Wildman–Crippen LogP) is 3.83. The fourth-order valence-corrected chi connectivity index (χ4v) is 3.16. The van der Waals surface area contributed by atoms with Crippen molar-refractivity contribution in [3.8, 4) is 0 Å². The molecule has 5 nitrogen and oxygen atoms in total. The van der Waals surface area contributed by atoms with Gasteiger partial charge in [0.15, 0.2) is 0 Å². The van der Waals surface area contributed by atoms with E-state index in [2.05, 4.69) is 32.9 Å². The van der Waals surface area contributed by atoms with Crippen molar-refractivity contribution in [2.75, 3.05) is 6.54 Å². The number of nitrogens with zero attached hydrogens (tertiary/aromatic N) is 2. The van der Waals surface area contributed by atoms with E-state index in [-0.39, 0.29) is 24.3 Å². The first kappa shape index (κ1) is 16.8. The smallest absolute Gasteiger partial charge is 0.402 e. The molecule has 1 unspecified atom stereocenters. The number of hydrogen-bond donors (Lipinski definition) is 1. The van der Waals surface area contributed by atoms with Crippen molar-refractivity contribution >= 4 is 7.12 Å². The lowest BCUT2D eigenvalue weighted by Gasteiger charge is -2.32. The number of nitrogens with one attached hydrogen (secondary N) is 1. The quantitative estimate of drug-likeness (QED) is 0.476. The summed E-state index contributed by atoms with van der Waals surface area (Å²) in [6.45, 7) is 11.1. The summed E-state index contributed by atoms with van der Waals surface area (Å²) in [6, 6.07) is 0. The molecule has 1 atom stereocenters. The highest BCUT2D eigenvalue weighted by Crippen LogP contribution is 2.38. The molecule has 1 aliphatic heterocycles. The molecule has 0 spiro atoms. The molecular weight excluding hydrogens is 265 g/mol. The maximum Gasteiger partial charge on any atom is 0.483 e. The summed E-state index contributed by atoms with van der Waals surface area (Å²) in [5, 5.41) is 5.59. The first-order chi connectivity index (χ1) is 9.77.